The van der Waals surface area contributed by atoms with Crippen molar-refractivity contribution in [2.75, 3.05) is 29.9 Å². The van der Waals surface area contributed by atoms with Crippen LogP contribution in [0.3, 0.4) is 0 Å². The number of nitrogens with one attached hydrogen (secondary N) is 2. The van der Waals surface area contributed by atoms with E-state index in [1.165, 1.54) is 0 Å². The largest absolute Gasteiger partial charge is 0.494 e. The highest BCUT2D eigenvalue weighted by Crippen LogP contribution is 2.35. The van der Waals surface area contributed by atoms with Crippen LogP contribution in [0.1, 0.15) is 36.5 Å². The Labute approximate surface area is 176 Å². The molecular formula is C21H24ClN3O2S. The Morgan fingerprint density at radius 2 is 1.96 bits per heavy atom. The molecule has 3 rings (SSSR count). The second-order valence-corrected chi connectivity index (χ2v) is 7.43. The van der Waals surface area contributed by atoms with Crippen molar-refractivity contribution in [3.05, 3.63) is 53.1 Å². The highest BCUT2D eigenvalue weighted by Gasteiger charge is 2.19. The highest BCUT2D eigenvalue weighted by molar-refractivity contribution is 7.80. The molecule has 0 atom stereocenters. The summed E-state index contributed by atoms with van der Waals surface area (Å²) in [6.45, 7) is 4.57. The van der Waals surface area contributed by atoms with Gasteiger partial charge in [0.1, 0.15) is 5.75 Å². The van der Waals surface area contributed by atoms with Crippen molar-refractivity contribution in [1.82, 2.24) is 5.32 Å². The lowest BCUT2D eigenvalue weighted by Gasteiger charge is -2.23. The number of thiocarbonyl (C=S) groups is 1. The van der Waals surface area contributed by atoms with Crippen molar-refractivity contribution in [2.45, 2.75) is 26.2 Å². The van der Waals surface area contributed by atoms with Gasteiger partial charge in [-0.25, -0.2) is 0 Å². The molecule has 2 aromatic rings. The molecule has 0 bridgehead atoms. The third-order valence-corrected chi connectivity index (χ3v) is 4.96. The second-order valence-electron chi connectivity index (χ2n) is 6.61. The summed E-state index contributed by atoms with van der Waals surface area (Å²) in [7, 11) is 0. The van der Waals surface area contributed by atoms with E-state index in [0.29, 0.717) is 22.9 Å². The number of nitrogens with zero attached hydrogens (tertiary/aromatic N) is 1. The van der Waals surface area contributed by atoms with E-state index in [4.69, 9.17) is 28.6 Å². The van der Waals surface area contributed by atoms with Gasteiger partial charge in [-0.2, -0.15) is 0 Å². The number of halogens is 1. The summed E-state index contributed by atoms with van der Waals surface area (Å²) in [6.07, 6.45) is 3.19. The molecule has 1 saturated heterocycles. The van der Waals surface area contributed by atoms with Crippen LogP contribution in [-0.4, -0.2) is 30.7 Å². The van der Waals surface area contributed by atoms with E-state index in [0.717, 1.165) is 43.7 Å². The maximum absolute atomic E-state index is 12.5. The molecule has 28 heavy (non-hydrogen) atoms. The number of anilines is 2. The van der Waals surface area contributed by atoms with E-state index in [1.807, 2.05) is 31.2 Å². The van der Waals surface area contributed by atoms with Crippen LogP contribution in [0, 0.1) is 0 Å². The first-order valence-corrected chi connectivity index (χ1v) is 10.3. The Bertz CT molecular complexity index is 853. The third kappa shape index (κ3) is 5.14. The van der Waals surface area contributed by atoms with Crippen molar-refractivity contribution < 1.29 is 9.53 Å². The summed E-state index contributed by atoms with van der Waals surface area (Å²) >= 11 is 11.8. The molecule has 2 N–H and O–H groups in total. The average molecular weight is 418 g/mol. The summed E-state index contributed by atoms with van der Waals surface area (Å²) in [6, 6.07) is 12.7. The van der Waals surface area contributed by atoms with Gasteiger partial charge in [-0.3, -0.25) is 10.1 Å². The van der Waals surface area contributed by atoms with Gasteiger partial charge in [0.25, 0.3) is 5.91 Å². The fraction of sp³-hybridized carbons (Fsp3) is 0.333. The summed E-state index contributed by atoms with van der Waals surface area (Å²) in [5.74, 6) is 0.378. The normalized spacial score (nSPS) is 13.3. The minimum atomic E-state index is -0.288. The minimum Gasteiger partial charge on any atom is -0.494 e. The predicted octanol–water partition coefficient (Wildman–Crippen LogP) is 4.86. The molecule has 0 aromatic heterocycles. The molecule has 5 nitrogen and oxygen atoms in total. The third-order valence-electron chi connectivity index (χ3n) is 4.45. The first-order valence-electron chi connectivity index (χ1n) is 9.47. The number of ether oxygens (including phenoxy) is 1. The summed E-state index contributed by atoms with van der Waals surface area (Å²) in [5.41, 5.74) is 2.21. The average Bonchev–Trinajstić information content (AvgIpc) is 3.21. The first kappa shape index (κ1) is 20.4. The van der Waals surface area contributed by atoms with Gasteiger partial charge in [0.2, 0.25) is 0 Å². The topological polar surface area (TPSA) is 53.6 Å². The standard InChI is InChI=1S/C21H24ClN3O2S/c1-2-13-27-16-8-5-7-15(14-16)20(26)24-21(28)23-18-10-6-9-17(22)19(18)25-11-3-4-12-25/h5-10,14H,2-4,11-13H2,1H3,(H2,23,24,26,28). The van der Waals surface area contributed by atoms with Crippen LogP contribution in [0.2, 0.25) is 5.02 Å². The number of rotatable bonds is 6. The van der Waals surface area contributed by atoms with Gasteiger partial charge >= 0.3 is 0 Å². The van der Waals surface area contributed by atoms with Gasteiger partial charge in [-0.05, 0) is 61.8 Å². The number of benzene rings is 2. The molecule has 1 aliphatic rings. The maximum atomic E-state index is 12.5. The Balaban J connectivity index is 1.68. The zero-order valence-corrected chi connectivity index (χ0v) is 17.4. The molecule has 1 amide bonds. The van der Waals surface area contributed by atoms with Crippen LogP contribution in [0.4, 0.5) is 11.4 Å². The molecule has 1 fully saturated rings. The van der Waals surface area contributed by atoms with Crippen LogP contribution >= 0.6 is 23.8 Å². The van der Waals surface area contributed by atoms with Crippen LogP contribution in [0.25, 0.3) is 0 Å². The smallest absolute Gasteiger partial charge is 0.257 e. The summed E-state index contributed by atoms with van der Waals surface area (Å²) in [4.78, 5) is 14.8. The van der Waals surface area contributed by atoms with E-state index in [-0.39, 0.29) is 11.0 Å². The minimum absolute atomic E-state index is 0.229. The van der Waals surface area contributed by atoms with Gasteiger partial charge < -0.3 is 15.0 Å². The van der Waals surface area contributed by atoms with Gasteiger partial charge in [0.05, 0.1) is 23.0 Å². The Morgan fingerprint density at radius 1 is 1.21 bits per heavy atom. The number of carbonyl (C=O) groups excluding carboxylic acids is 1. The van der Waals surface area contributed by atoms with Crippen molar-refractivity contribution >= 4 is 46.2 Å². The molecule has 0 unspecified atom stereocenters. The lowest BCUT2D eigenvalue weighted by molar-refractivity contribution is 0.0977. The second kappa shape index (κ2) is 9.75. The van der Waals surface area contributed by atoms with Gasteiger partial charge in [-0.15, -0.1) is 0 Å². The van der Waals surface area contributed by atoms with Crippen LogP contribution in [-0.2, 0) is 0 Å². The fourth-order valence-electron chi connectivity index (χ4n) is 3.15. The molecule has 1 heterocycles. The monoisotopic (exact) mass is 417 g/mol. The van der Waals surface area contributed by atoms with E-state index in [9.17, 15) is 4.79 Å². The Hall–Kier alpha value is -2.31. The van der Waals surface area contributed by atoms with Crippen molar-refractivity contribution in [3.8, 4) is 5.75 Å². The Kier molecular flexibility index (Phi) is 7.12. The summed E-state index contributed by atoms with van der Waals surface area (Å²) in [5, 5.41) is 6.75. The molecule has 0 saturated carbocycles. The van der Waals surface area contributed by atoms with Crippen molar-refractivity contribution in [2.24, 2.45) is 0 Å². The Morgan fingerprint density at radius 3 is 2.71 bits per heavy atom. The predicted molar refractivity (Wildman–Crippen MR) is 119 cm³/mol. The zero-order valence-electron chi connectivity index (χ0n) is 15.8. The molecular weight excluding hydrogens is 394 g/mol. The molecule has 0 aliphatic carbocycles. The molecule has 148 valence electrons. The molecule has 2 aromatic carbocycles. The molecule has 0 radical (unpaired) electrons. The molecule has 1 aliphatic heterocycles. The SMILES string of the molecule is CCCOc1cccc(C(=O)NC(=S)Nc2cccc(Cl)c2N2CCCC2)c1. The summed E-state index contributed by atoms with van der Waals surface area (Å²) < 4.78 is 5.58. The lowest BCUT2D eigenvalue weighted by atomic mass is 10.2. The van der Waals surface area contributed by atoms with Crippen molar-refractivity contribution in [3.63, 3.8) is 0 Å². The highest BCUT2D eigenvalue weighted by atomic mass is 35.5. The van der Waals surface area contributed by atoms with Gasteiger partial charge in [0.15, 0.2) is 5.11 Å². The first-order chi connectivity index (χ1) is 13.6. The number of hydrogen-bond acceptors (Lipinski definition) is 4. The number of hydrogen-bond donors (Lipinski definition) is 2. The van der Waals surface area contributed by atoms with E-state index >= 15 is 0 Å². The van der Waals surface area contributed by atoms with Gasteiger partial charge in [-0.1, -0.05) is 30.7 Å². The van der Waals surface area contributed by atoms with Crippen molar-refractivity contribution in [1.29, 1.82) is 0 Å². The van der Waals surface area contributed by atoms with Gasteiger partial charge in [0, 0.05) is 18.7 Å². The van der Waals surface area contributed by atoms with E-state index in [1.54, 1.807) is 18.2 Å². The van der Waals surface area contributed by atoms with E-state index in [2.05, 4.69) is 15.5 Å². The fourth-order valence-corrected chi connectivity index (χ4v) is 3.65. The number of amides is 1. The van der Waals surface area contributed by atoms with Crippen LogP contribution in [0.15, 0.2) is 42.5 Å². The number of para-hydroxylation sites is 1. The lowest BCUT2D eigenvalue weighted by Crippen LogP contribution is -2.34. The maximum Gasteiger partial charge on any atom is 0.257 e. The van der Waals surface area contributed by atoms with E-state index < -0.39 is 0 Å². The molecule has 7 heteroatoms. The quantitative estimate of drug-likeness (QED) is 0.657. The zero-order chi connectivity index (χ0) is 19.9. The molecule has 0 spiro atoms. The van der Waals surface area contributed by atoms with Crippen LogP contribution in [0.5, 0.6) is 5.75 Å². The number of carbonyl (C=O) groups is 1. The van der Waals surface area contributed by atoms with Crippen LogP contribution < -0.4 is 20.3 Å².